The number of furan rings is 1. The fourth-order valence-corrected chi connectivity index (χ4v) is 4.77. The Labute approximate surface area is 203 Å². The first kappa shape index (κ1) is 22.8. The lowest BCUT2D eigenvalue weighted by molar-refractivity contribution is -0.128. The Balaban J connectivity index is 1.52. The zero-order valence-corrected chi connectivity index (χ0v) is 19.8. The second-order valence-electron chi connectivity index (χ2n) is 9.03. The van der Waals surface area contributed by atoms with E-state index in [-0.39, 0.29) is 24.4 Å². The first-order valence-corrected chi connectivity index (χ1v) is 12.1. The highest BCUT2D eigenvalue weighted by atomic mass is 16.3. The average molecular weight is 472 g/mol. The number of rotatable bonds is 7. The van der Waals surface area contributed by atoms with Gasteiger partial charge in [-0.2, -0.15) is 0 Å². The largest absolute Gasteiger partial charge is 0.464 e. The number of hydrogen-bond acceptors (Lipinski definition) is 5. The van der Waals surface area contributed by atoms with E-state index in [0.717, 1.165) is 31.2 Å². The van der Waals surface area contributed by atoms with Crippen molar-refractivity contribution >= 4 is 28.5 Å². The summed E-state index contributed by atoms with van der Waals surface area (Å²) in [7, 11) is 0. The second kappa shape index (κ2) is 10.1. The minimum Gasteiger partial charge on any atom is -0.464 e. The normalized spacial score (nSPS) is 15.1. The lowest BCUT2D eigenvalue weighted by Crippen LogP contribution is -2.48. The summed E-state index contributed by atoms with van der Waals surface area (Å²) in [5, 5.41) is 11.5. The van der Waals surface area contributed by atoms with Crippen molar-refractivity contribution in [3.05, 3.63) is 78.3 Å². The van der Waals surface area contributed by atoms with Gasteiger partial charge in [0.05, 0.1) is 5.52 Å². The molecular formula is C27H29N5O3. The predicted molar refractivity (Wildman–Crippen MR) is 133 cm³/mol. The fraction of sp³-hybridized carbons (Fsp3) is 0.333. The van der Waals surface area contributed by atoms with Crippen molar-refractivity contribution in [2.45, 2.75) is 57.7 Å². The molecule has 8 nitrogen and oxygen atoms in total. The summed E-state index contributed by atoms with van der Waals surface area (Å²) in [6.45, 7) is 1.76. The van der Waals surface area contributed by atoms with Crippen LogP contribution < -0.4 is 10.2 Å². The van der Waals surface area contributed by atoms with Crippen LogP contribution in [0.15, 0.2) is 71.1 Å². The molecule has 2 aromatic carbocycles. The standard InChI is InChI=1S/C27H29N5O3/c1-19-16-17-24(35-19)26(27(34)28-20-10-4-2-5-11-20)32(21-12-6-3-7-13-21)25(33)18-31-23-15-9-8-14-22(23)29-30-31/h3,6-9,12-17,20,26H,2,4-5,10-11,18H2,1H3,(H,28,34)/t26-/m1/s1. The summed E-state index contributed by atoms with van der Waals surface area (Å²) < 4.78 is 7.49. The van der Waals surface area contributed by atoms with Gasteiger partial charge in [-0.1, -0.05) is 54.8 Å². The molecule has 1 aliphatic rings. The number of anilines is 1. The van der Waals surface area contributed by atoms with Crippen LogP contribution in [-0.2, 0) is 16.1 Å². The molecule has 0 unspecified atom stereocenters. The molecule has 1 atom stereocenters. The van der Waals surface area contributed by atoms with Crippen LogP contribution >= 0.6 is 0 Å². The number of aromatic nitrogens is 3. The molecule has 0 aliphatic heterocycles. The molecule has 180 valence electrons. The van der Waals surface area contributed by atoms with E-state index in [0.29, 0.717) is 22.7 Å². The lowest BCUT2D eigenvalue weighted by atomic mass is 9.95. The van der Waals surface area contributed by atoms with Gasteiger partial charge in [0.1, 0.15) is 23.6 Å². The van der Waals surface area contributed by atoms with Crippen LogP contribution in [0, 0.1) is 6.92 Å². The summed E-state index contributed by atoms with van der Waals surface area (Å²) in [4.78, 5) is 29.2. The highest BCUT2D eigenvalue weighted by molar-refractivity contribution is 6.01. The van der Waals surface area contributed by atoms with Crippen molar-refractivity contribution in [2.75, 3.05) is 4.90 Å². The number of benzene rings is 2. The molecule has 1 N–H and O–H groups in total. The smallest absolute Gasteiger partial charge is 0.251 e. The maximum atomic E-state index is 13.9. The molecule has 4 aromatic rings. The SMILES string of the molecule is Cc1ccc([C@H](C(=O)NC2CCCCC2)N(C(=O)Cn2nnc3ccccc32)c2ccccc2)o1. The molecule has 2 heterocycles. The first-order chi connectivity index (χ1) is 17.1. The van der Waals surface area contributed by atoms with Gasteiger partial charge in [-0.05, 0) is 56.2 Å². The van der Waals surface area contributed by atoms with E-state index in [2.05, 4.69) is 15.6 Å². The number of nitrogens with zero attached hydrogens (tertiary/aromatic N) is 4. The predicted octanol–water partition coefficient (Wildman–Crippen LogP) is 4.56. The van der Waals surface area contributed by atoms with Crippen molar-refractivity contribution in [2.24, 2.45) is 0 Å². The third-order valence-electron chi connectivity index (χ3n) is 6.50. The number of fused-ring (bicyclic) bond motifs is 1. The van der Waals surface area contributed by atoms with Gasteiger partial charge in [0, 0.05) is 11.7 Å². The molecular weight excluding hydrogens is 442 g/mol. The van der Waals surface area contributed by atoms with Gasteiger partial charge < -0.3 is 9.73 Å². The van der Waals surface area contributed by atoms with Gasteiger partial charge in [0.25, 0.3) is 5.91 Å². The van der Waals surface area contributed by atoms with Gasteiger partial charge in [-0.15, -0.1) is 5.10 Å². The zero-order valence-electron chi connectivity index (χ0n) is 19.8. The first-order valence-electron chi connectivity index (χ1n) is 12.1. The molecule has 35 heavy (non-hydrogen) atoms. The lowest BCUT2D eigenvalue weighted by Gasteiger charge is -2.32. The van der Waals surface area contributed by atoms with Crippen molar-refractivity contribution in [3.63, 3.8) is 0 Å². The Bertz CT molecular complexity index is 1310. The molecule has 0 bridgehead atoms. The van der Waals surface area contributed by atoms with E-state index >= 15 is 0 Å². The van der Waals surface area contributed by atoms with E-state index in [1.54, 1.807) is 10.7 Å². The van der Waals surface area contributed by atoms with Crippen LogP contribution in [-0.4, -0.2) is 32.9 Å². The third kappa shape index (κ3) is 4.96. The summed E-state index contributed by atoms with van der Waals surface area (Å²) in [6, 6.07) is 19.5. The zero-order chi connectivity index (χ0) is 24.2. The minimum absolute atomic E-state index is 0.0672. The molecule has 0 radical (unpaired) electrons. The number of amides is 2. The molecule has 2 aromatic heterocycles. The Morgan fingerprint density at radius 3 is 2.51 bits per heavy atom. The number of nitrogens with one attached hydrogen (secondary N) is 1. The van der Waals surface area contributed by atoms with Gasteiger partial charge in [0.2, 0.25) is 5.91 Å². The maximum Gasteiger partial charge on any atom is 0.251 e. The van der Waals surface area contributed by atoms with E-state index in [1.165, 1.54) is 11.3 Å². The number of para-hydroxylation sites is 2. The van der Waals surface area contributed by atoms with Gasteiger partial charge >= 0.3 is 0 Å². The van der Waals surface area contributed by atoms with E-state index < -0.39 is 6.04 Å². The summed E-state index contributed by atoms with van der Waals surface area (Å²) in [5.74, 6) is 0.575. The number of carbonyl (C=O) groups excluding carboxylic acids is 2. The van der Waals surface area contributed by atoms with E-state index in [9.17, 15) is 9.59 Å². The van der Waals surface area contributed by atoms with Crippen LogP contribution in [0.2, 0.25) is 0 Å². The van der Waals surface area contributed by atoms with Crippen molar-refractivity contribution in [1.29, 1.82) is 0 Å². The molecule has 1 fully saturated rings. The molecule has 2 amide bonds. The number of carbonyl (C=O) groups is 2. The third-order valence-corrected chi connectivity index (χ3v) is 6.50. The second-order valence-corrected chi connectivity index (χ2v) is 9.03. The Hall–Kier alpha value is -3.94. The fourth-order valence-electron chi connectivity index (χ4n) is 4.77. The van der Waals surface area contributed by atoms with E-state index in [1.807, 2.05) is 67.6 Å². The molecule has 1 saturated carbocycles. The molecule has 8 heteroatoms. The summed E-state index contributed by atoms with van der Waals surface area (Å²) in [5.41, 5.74) is 2.07. The summed E-state index contributed by atoms with van der Waals surface area (Å²) >= 11 is 0. The molecule has 0 spiro atoms. The monoisotopic (exact) mass is 471 g/mol. The molecule has 5 rings (SSSR count). The van der Waals surface area contributed by atoms with Crippen molar-refractivity contribution in [1.82, 2.24) is 20.3 Å². The van der Waals surface area contributed by atoms with Crippen LogP contribution in [0.3, 0.4) is 0 Å². The van der Waals surface area contributed by atoms with Crippen LogP contribution in [0.4, 0.5) is 5.69 Å². The number of hydrogen-bond donors (Lipinski definition) is 1. The Morgan fingerprint density at radius 2 is 1.77 bits per heavy atom. The summed E-state index contributed by atoms with van der Waals surface area (Å²) in [6.07, 6.45) is 5.26. The Kier molecular flexibility index (Phi) is 6.61. The van der Waals surface area contributed by atoms with Gasteiger partial charge in [-0.3, -0.25) is 14.5 Å². The Morgan fingerprint density at radius 1 is 1.03 bits per heavy atom. The van der Waals surface area contributed by atoms with Crippen LogP contribution in [0.25, 0.3) is 11.0 Å². The topological polar surface area (TPSA) is 93.3 Å². The van der Waals surface area contributed by atoms with E-state index in [4.69, 9.17) is 4.42 Å². The number of aryl methyl sites for hydroxylation is 1. The maximum absolute atomic E-state index is 13.9. The molecule has 1 aliphatic carbocycles. The average Bonchev–Trinajstić information content (AvgIpc) is 3.49. The quantitative estimate of drug-likeness (QED) is 0.427. The van der Waals surface area contributed by atoms with Crippen LogP contribution in [0.5, 0.6) is 0 Å². The van der Waals surface area contributed by atoms with Crippen LogP contribution in [0.1, 0.15) is 49.7 Å². The van der Waals surface area contributed by atoms with Gasteiger partial charge in [0.15, 0.2) is 6.04 Å². The highest BCUT2D eigenvalue weighted by Gasteiger charge is 2.36. The highest BCUT2D eigenvalue weighted by Crippen LogP contribution is 2.30. The molecule has 0 saturated heterocycles. The minimum atomic E-state index is -0.949. The van der Waals surface area contributed by atoms with Crippen molar-refractivity contribution in [3.8, 4) is 0 Å². The van der Waals surface area contributed by atoms with Gasteiger partial charge in [-0.25, -0.2) is 4.68 Å². The van der Waals surface area contributed by atoms with Crippen molar-refractivity contribution < 1.29 is 14.0 Å².